The molecule has 0 amide bonds. The van der Waals surface area contributed by atoms with Crippen LogP contribution in [0.3, 0.4) is 0 Å². The van der Waals surface area contributed by atoms with Gasteiger partial charge in [-0.15, -0.1) is 22.7 Å². The number of para-hydroxylation sites is 2. The summed E-state index contributed by atoms with van der Waals surface area (Å²) in [5, 5.41) is 10.7. The molecule has 2 aromatic heterocycles. The minimum absolute atomic E-state index is 0. The number of thiophene rings is 2. The van der Waals surface area contributed by atoms with Crippen LogP contribution in [0.1, 0.15) is 70.5 Å². The van der Waals surface area contributed by atoms with Crippen LogP contribution in [0.5, 0.6) is 0 Å². The molecule has 16 aromatic carbocycles. The molecule has 0 saturated carbocycles. The molecule has 480 valence electrons. The summed E-state index contributed by atoms with van der Waals surface area (Å²) in [5.41, 5.74) is 27.3. The van der Waals surface area contributed by atoms with Gasteiger partial charge in [-0.1, -0.05) is 310 Å². The fourth-order valence-corrected chi connectivity index (χ4v) is 20.4. The summed E-state index contributed by atoms with van der Waals surface area (Å²) in [6.45, 7) is 0. The van der Waals surface area contributed by atoms with Crippen molar-refractivity contribution in [3.05, 3.63) is 412 Å². The van der Waals surface area contributed by atoms with Crippen molar-refractivity contribution in [2.75, 3.05) is 4.90 Å². The second-order valence-electron chi connectivity index (χ2n) is 26.6. The van der Waals surface area contributed by atoms with Crippen LogP contribution in [0.25, 0.3) is 106 Å². The molecule has 0 bridgehead atoms. The minimum Gasteiger partial charge on any atom is -0.310 e. The first-order chi connectivity index (χ1) is 49.0. The van der Waals surface area contributed by atoms with Crippen LogP contribution in [0.4, 0.5) is 17.1 Å². The lowest BCUT2D eigenvalue weighted by Gasteiger charge is -2.40. The van der Waals surface area contributed by atoms with Crippen LogP contribution < -0.4 is 4.90 Å². The fourth-order valence-electron chi connectivity index (χ4n) is 17.5. The molecule has 1 nitrogen and oxygen atoms in total. The van der Waals surface area contributed by atoms with Crippen molar-refractivity contribution in [3.8, 4) is 44.5 Å². The van der Waals surface area contributed by atoms with E-state index in [0.717, 1.165) is 28.0 Å². The Bertz CT molecular complexity index is 6110. The molecule has 0 fully saturated rings. The van der Waals surface area contributed by atoms with E-state index < -0.39 is 5.41 Å². The first-order valence-corrected chi connectivity index (χ1v) is 36.5. The average molecular weight is 1390 g/mol. The molecule has 0 N–H and O–H groups in total. The zero-order chi connectivity index (χ0) is 65.3. The van der Waals surface area contributed by atoms with Gasteiger partial charge in [-0.25, -0.2) is 0 Å². The Kier molecular flexibility index (Phi) is 15.1. The number of hydrogen-bond donors (Lipinski definition) is 0. The quantitative estimate of drug-likeness (QED) is 0.166. The van der Waals surface area contributed by atoms with E-state index in [0.29, 0.717) is 0 Å². The third-order valence-corrected chi connectivity index (χ3v) is 24.2. The summed E-state index contributed by atoms with van der Waals surface area (Å²) in [7, 11) is 0. The van der Waals surface area contributed by atoms with Gasteiger partial charge in [0.2, 0.25) is 0 Å². The summed E-state index contributed by atoms with van der Waals surface area (Å²) in [5.74, 6) is 0. The number of halogens is 1. The SMILES string of the molecule is Brc1ccc2c(c1)sc1cc3c(cc12)C1(c2ccccc2-c2ccccc21)c1cccc2cccc-3c12.C.C.c1ccc(Cc2ccccc2)cc1.c1ccc(N(c2ccccc2)c2ccc3c(c2)sc2cc4c(cc23)C2(c3ccccc3-c3ccccc32)c2cccc3cccc-4c23)cc1. The van der Waals surface area contributed by atoms with E-state index in [-0.39, 0.29) is 20.3 Å². The van der Waals surface area contributed by atoms with E-state index in [1.54, 1.807) is 0 Å². The molecular formula is C97H68BrNS2. The molecule has 18 aromatic rings. The summed E-state index contributed by atoms with van der Waals surface area (Å²) in [4.78, 5) is 2.35. The molecule has 0 radical (unpaired) electrons. The van der Waals surface area contributed by atoms with Gasteiger partial charge in [0.1, 0.15) is 0 Å². The smallest absolute Gasteiger partial charge is 0.0725 e. The highest BCUT2D eigenvalue weighted by molar-refractivity contribution is 9.10. The van der Waals surface area contributed by atoms with Crippen LogP contribution >= 0.6 is 38.6 Å². The van der Waals surface area contributed by atoms with E-state index in [2.05, 4.69) is 373 Å². The van der Waals surface area contributed by atoms with Gasteiger partial charge < -0.3 is 4.90 Å². The van der Waals surface area contributed by atoms with E-state index in [1.165, 1.54) is 162 Å². The molecular weight excluding hydrogens is 1320 g/mol. The average Bonchev–Trinajstić information content (AvgIpc) is 1.56. The van der Waals surface area contributed by atoms with Gasteiger partial charge in [0.15, 0.2) is 0 Å². The third kappa shape index (κ3) is 9.39. The first kappa shape index (κ1) is 62.0. The topological polar surface area (TPSA) is 3.24 Å². The number of nitrogens with zero attached hydrogens (tertiary/aromatic N) is 1. The second kappa shape index (κ2) is 24.6. The molecule has 2 spiro atoms. The van der Waals surface area contributed by atoms with Crippen LogP contribution in [-0.2, 0) is 17.3 Å². The molecule has 4 aliphatic rings. The van der Waals surface area contributed by atoms with Crippen LogP contribution in [0, 0.1) is 0 Å². The zero-order valence-electron chi connectivity index (χ0n) is 53.8. The Balaban J connectivity index is 0.000000124. The third-order valence-electron chi connectivity index (χ3n) is 21.5. The summed E-state index contributed by atoms with van der Waals surface area (Å²) in [6.07, 6.45) is 1.03. The van der Waals surface area contributed by atoms with Crippen molar-refractivity contribution < 1.29 is 0 Å². The Labute approximate surface area is 606 Å². The molecule has 0 unspecified atom stereocenters. The Morgan fingerprint density at radius 3 is 1.01 bits per heavy atom. The maximum Gasteiger partial charge on any atom is 0.0725 e. The number of benzene rings is 16. The summed E-state index contributed by atoms with van der Waals surface area (Å²) >= 11 is 7.48. The lowest BCUT2D eigenvalue weighted by molar-refractivity contribution is 0.775. The van der Waals surface area contributed by atoms with Gasteiger partial charge in [-0.2, -0.15) is 0 Å². The van der Waals surface area contributed by atoms with Crippen LogP contribution in [0.2, 0.25) is 0 Å². The number of hydrogen-bond acceptors (Lipinski definition) is 3. The molecule has 2 heterocycles. The highest BCUT2D eigenvalue weighted by atomic mass is 79.9. The van der Waals surface area contributed by atoms with Gasteiger partial charge in [0, 0.05) is 61.9 Å². The standard InChI is InChI=1S/C47H29NS.C35H19BrS.C13H12.2CH4/c1-3-15-31(16-4-1)48(32-17-5-2-6-18-32)33-25-26-36-39-28-43-38(29-45(39)49-44(36)27-33)37-21-11-13-30-14-12-24-42(46(30)37)47(43)40-22-9-7-19-34(40)35-20-8-10-23-41(35)47;36-21-15-16-24-27-18-31-26(19-33(27)37-32(24)17-21)25-11-5-7-20-8-6-14-30(34(20)25)35(31)28-12-3-1-9-22(28)23-10-2-4-13-29(23)35;1-3-7-12(8-4-1)11-13-9-5-2-6-10-13;;/h1-29H;1-19H;1-10H,11H2;2*1H4. The lowest BCUT2D eigenvalue weighted by atomic mass is 9.61. The fraction of sp³-hybridized carbons (Fsp3) is 0.0515. The van der Waals surface area contributed by atoms with Crippen molar-refractivity contribution in [1.82, 2.24) is 0 Å². The van der Waals surface area contributed by atoms with Crippen molar-refractivity contribution in [2.24, 2.45) is 0 Å². The number of rotatable bonds is 5. The van der Waals surface area contributed by atoms with Gasteiger partial charge in [0.25, 0.3) is 0 Å². The molecule has 0 aliphatic heterocycles. The second-order valence-corrected chi connectivity index (χ2v) is 29.7. The Morgan fingerprint density at radius 2 is 0.584 bits per heavy atom. The molecule has 22 rings (SSSR count). The minimum atomic E-state index is -0.407. The largest absolute Gasteiger partial charge is 0.310 e. The van der Waals surface area contributed by atoms with Crippen LogP contribution in [-0.4, -0.2) is 0 Å². The van der Waals surface area contributed by atoms with E-state index in [1.807, 2.05) is 22.7 Å². The van der Waals surface area contributed by atoms with Gasteiger partial charge in [-0.3, -0.25) is 0 Å². The predicted molar refractivity (Wildman–Crippen MR) is 438 cm³/mol. The van der Waals surface area contributed by atoms with Gasteiger partial charge >= 0.3 is 0 Å². The van der Waals surface area contributed by atoms with Crippen LogP contribution in [0.15, 0.2) is 356 Å². The monoisotopic (exact) mass is 1390 g/mol. The molecule has 4 heteroatoms. The molecule has 0 atom stereocenters. The van der Waals surface area contributed by atoms with E-state index in [4.69, 9.17) is 0 Å². The predicted octanol–water partition coefficient (Wildman–Crippen LogP) is 27.9. The van der Waals surface area contributed by atoms with Crippen molar-refractivity contribution in [3.63, 3.8) is 0 Å². The highest BCUT2D eigenvalue weighted by Crippen LogP contribution is 2.65. The molecule has 101 heavy (non-hydrogen) atoms. The maximum absolute atomic E-state index is 3.69. The normalized spacial score (nSPS) is 13.0. The Hall–Kier alpha value is -11.2. The first-order valence-electron chi connectivity index (χ1n) is 34.1. The van der Waals surface area contributed by atoms with Crippen molar-refractivity contribution in [1.29, 1.82) is 0 Å². The van der Waals surface area contributed by atoms with Gasteiger partial charge in [0.05, 0.1) is 10.8 Å². The van der Waals surface area contributed by atoms with E-state index in [9.17, 15) is 0 Å². The molecule has 0 saturated heterocycles. The summed E-state index contributed by atoms with van der Waals surface area (Å²) in [6, 6.07) is 130. The van der Waals surface area contributed by atoms with Crippen molar-refractivity contribution in [2.45, 2.75) is 32.1 Å². The van der Waals surface area contributed by atoms with Crippen molar-refractivity contribution >= 4 is 118 Å². The number of fused-ring (bicyclic) bond motifs is 24. The van der Waals surface area contributed by atoms with E-state index >= 15 is 0 Å². The number of anilines is 3. The highest BCUT2D eigenvalue weighted by Gasteiger charge is 2.52. The van der Waals surface area contributed by atoms with Gasteiger partial charge in [-0.05, 0) is 201 Å². The summed E-state index contributed by atoms with van der Waals surface area (Å²) < 4.78 is 6.41. The molecule has 4 aliphatic carbocycles. The lowest BCUT2D eigenvalue weighted by Crippen LogP contribution is -2.31. The maximum atomic E-state index is 3.69. The zero-order valence-corrected chi connectivity index (χ0v) is 57.1. The Morgan fingerprint density at radius 1 is 0.248 bits per heavy atom.